The second-order valence-corrected chi connectivity index (χ2v) is 8.32. The Morgan fingerprint density at radius 1 is 1.03 bits per heavy atom. The minimum atomic E-state index is -0.523. The Labute approximate surface area is 193 Å². The van der Waals surface area contributed by atoms with Crippen LogP contribution in [-0.4, -0.2) is 18.8 Å². The molecule has 0 radical (unpaired) electrons. The van der Waals surface area contributed by atoms with Gasteiger partial charge in [-0.3, -0.25) is 4.99 Å². The molecule has 0 spiro atoms. The molecular weight excluding hydrogens is 453 g/mol. The molecule has 0 atom stereocenters. The number of thiophene rings is 1. The van der Waals surface area contributed by atoms with Crippen LogP contribution in [0.5, 0.6) is 11.5 Å². The molecule has 0 amide bonds. The standard InChI is InChI=1S/C24H17Cl2NO3S/c1-2-29-20-13-15(14-27-18-9-5-4-8-17(18)25)11-12-19(20)30-24(28)23-22(26)16-7-3-6-10-21(16)31-23/h3-14H,2H2,1H3. The van der Waals surface area contributed by atoms with Crippen molar-refractivity contribution in [2.24, 2.45) is 4.99 Å². The number of benzene rings is 3. The summed E-state index contributed by atoms with van der Waals surface area (Å²) in [4.78, 5) is 17.6. The molecule has 4 aromatic rings. The van der Waals surface area contributed by atoms with Gasteiger partial charge in [-0.15, -0.1) is 11.3 Å². The molecule has 0 unspecified atom stereocenters. The molecule has 0 aliphatic carbocycles. The first-order valence-corrected chi connectivity index (χ1v) is 11.1. The molecule has 0 saturated heterocycles. The number of para-hydroxylation sites is 1. The van der Waals surface area contributed by atoms with Crippen LogP contribution in [0.15, 0.2) is 71.7 Å². The zero-order valence-corrected chi connectivity index (χ0v) is 18.8. The quantitative estimate of drug-likeness (QED) is 0.166. The van der Waals surface area contributed by atoms with Gasteiger partial charge in [0, 0.05) is 16.3 Å². The molecule has 4 nitrogen and oxygen atoms in total. The van der Waals surface area contributed by atoms with Gasteiger partial charge >= 0.3 is 5.97 Å². The van der Waals surface area contributed by atoms with E-state index >= 15 is 0 Å². The molecular formula is C24H17Cl2NO3S. The first-order valence-electron chi connectivity index (χ1n) is 9.51. The number of rotatable bonds is 6. The lowest BCUT2D eigenvalue weighted by Gasteiger charge is -2.11. The second-order valence-electron chi connectivity index (χ2n) is 6.48. The van der Waals surface area contributed by atoms with Gasteiger partial charge in [0.25, 0.3) is 0 Å². The maximum atomic E-state index is 12.8. The van der Waals surface area contributed by atoms with Crippen LogP contribution in [0.25, 0.3) is 10.1 Å². The Bertz CT molecular complexity index is 1280. The number of aliphatic imine (C=N–C) groups is 1. The first kappa shape index (κ1) is 21.4. The van der Waals surface area contributed by atoms with Crippen molar-refractivity contribution in [2.45, 2.75) is 6.92 Å². The van der Waals surface area contributed by atoms with E-state index in [4.69, 9.17) is 32.7 Å². The molecule has 0 saturated carbocycles. The third kappa shape index (κ3) is 4.74. The van der Waals surface area contributed by atoms with Crippen LogP contribution in [0.4, 0.5) is 5.69 Å². The Balaban J connectivity index is 1.59. The number of nitrogens with zero attached hydrogens (tertiary/aromatic N) is 1. The van der Waals surface area contributed by atoms with Crippen molar-refractivity contribution in [3.8, 4) is 11.5 Å². The van der Waals surface area contributed by atoms with E-state index in [1.54, 1.807) is 30.5 Å². The minimum Gasteiger partial charge on any atom is -0.490 e. The SMILES string of the molecule is CCOc1cc(C=Nc2ccccc2Cl)ccc1OC(=O)c1sc2ccccc2c1Cl. The van der Waals surface area contributed by atoms with Crippen LogP contribution in [0.1, 0.15) is 22.2 Å². The van der Waals surface area contributed by atoms with Crippen molar-refractivity contribution < 1.29 is 14.3 Å². The van der Waals surface area contributed by atoms with E-state index in [2.05, 4.69) is 4.99 Å². The number of halogens is 2. The van der Waals surface area contributed by atoms with E-state index in [-0.39, 0.29) is 0 Å². The molecule has 1 heterocycles. The highest BCUT2D eigenvalue weighted by Gasteiger charge is 2.20. The van der Waals surface area contributed by atoms with E-state index in [9.17, 15) is 4.79 Å². The van der Waals surface area contributed by atoms with Gasteiger partial charge < -0.3 is 9.47 Å². The van der Waals surface area contributed by atoms with E-state index in [0.29, 0.717) is 38.7 Å². The van der Waals surface area contributed by atoms with Crippen molar-refractivity contribution in [3.05, 3.63) is 87.2 Å². The zero-order chi connectivity index (χ0) is 21.8. The highest BCUT2D eigenvalue weighted by molar-refractivity contribution is 7.21. The van der Waals surface area contributed by atoms with Crippen molar-refractivity contribution in [1.29, 1.82) is 0 Å². The van der Waals surface area contributed by atoms with Gasteiger partial charge in [-0.1, -0.05) is 53.5 Å². The highest BCUT2D eigenvalue weighted by atomic mass is 35.5. The maximum absolute atomic E-state index is 12.8. The molecule has 0 aliphatic heterocycles. The molecule has 156 valence electrons. The summed E-state index contributed by atoms with van der Waals surface area (Å²) in [6.45, 7) is 2.28. The fourth-order valence-corrected chi connectivity index (χ4v) is 4.52. The Hall–Kier alpha value is -2.86. The topological polar surface area (TPSA) is 47.9 Å². The molecule has 0 aliphatic rings. The molecule has 0 bridgehead atoms. The van der Waals surface area contributed by atoms with E-state index in [1.807, 2.05) is 49.4 Å². The molecule has 0 fully saturated rings. The Kier molecular flexibility index (Phi) is 6.56. The molecule has 1 aromatic heterocycles. The lowest BCUT2D eigenvalue weighted by Crippen LogP contribution is -2.08. The van der Waals surface area contributed by atoms with Crippen molar-refractivity contribution in [3.63, 3.8) is 0 Å². The molecule has 7 heteroatoms. The van der Waals surface area contributed by atoms with Gasteiger partial charge in [-0.05, 0) is 48.9 Å². The maximum Gasteiger partial charge on any atom is 0.355 e. The Morgan fingerprint density at radius 2 is 1.81 bits per heavy atom. The zero-order valence-electron chi connectivity index (χ0n) is 16.5. The summed E-state index contributed by atoms with van der Waals surface area (Å²) < 4.78 is 12.2. The monoisotopic (exact) mass is 469 g/mol. The van der Waals surface area contributed by atoms with Gasteiger partial charge in [0.15, 0.2) is 11.5 Å². The van der Waals surface area contributed by atoms with Crippen LogP contribution < -0.4 is 9.47 Å². The summed E-state index contributed by atoms with van der Waals surface area (Å²) in [7, 11) is 0. The molecule has 0 N–H and O–H groups in total. The van der Waals surface area contributed by atoms with Gasteiger partial charge in [0.05, 0.1) is 22.3 Å². The van der Waals surface area contributed by atoms with Crippen molar-refractivity contribution in [2.75, 3.05) is 6.61 Å². The summed E-state index contributed by atoms with van der Waals surface area (Å²) >= 11 is 13.9. The smallest absolute Gasteiger partial charge is 0.355 e. The summed E-state index contributed by atoms with van der Waals surface area (Å²) in [5.74, 6) is 0.232. The number of hydrogen-bond acceptors (Lipinski definition) is 5. The minimum absolute atomic E-state index is 0.315. The predicted octanol–water partition coefficient (Wildman–Crippen LogP) is 7.58. The number of carbonyl (C=O) groups is 1. The average Bonchev–Trinajstić information content (AvgIpc) is 3.12. The molecule has 31 heavy (non-hydrogen) atoms. The van der Waals surface area contributed by atoms with Gasteiger partial charge in [0.2, 0.25) is 0 Å². The van der Waals surface area contributed by atoms with Crippen LogP contribution in [0, 0.1) is 0 Å². The van der Waals surface area contributed by atoms with Crippen LogP contribution in [0.2, 0.25) is 10.0 Å². The Morgan fingerprint density at radius 3 is 2.58 bits per heavy atom. The largest absolute Gasteiger partial charge is 0.490 e. The van der Waals surface area contributed by atoms with Crippen molar-refractivity contribution >= 4 is 62.5 Å². The fraction of sp³-hybridized carbons (Fsp3) is 0.0833. The second kappa shape index (κ2) is 9.52. The average molecular weight is 470 g/mol. The van der Waals surface area contributed by atoms with Crippen LogP contribution >= 0.6 is 34.5 Å². The van der Waals surface area contributed by atoms with Gasteiger partial charge in [0.1, 0.15) is 4.88 Å². The fourth-order valence-electron chi connectivity index (χ4n) is 2.95. The highest BCUT2D eigenvalue weighted by Crippen LogP contribution is 2.37. The van der Waals surface area contributed by atoms with Gasteiger partial charge in [-0.25, -0.2) is 4.79 Å². The molecule has 4 rings (SSSR count). The number of esters is 1. The normalized spacial score (nSPS) is 11.2. The van der Waals surface area contributed by atoms with E-state index < -0.39 is 5.97 Å². The summed E-state index contributed by atoms with van der Waals surface area (Å²) in [5.41, 5.74) is 1.44. The van der Waals surface area contributed by atoms with Crippen LogP contribution in [0.3, 0.4) is 0 Å². The third-order valence-electron chi connectivity index (χ3n) is 4.40. The first-order chi connectivity index (χ1) is 15.1. The number of carbonyl (C=O) groups excluding carboxylic acids is 1. The van der Waals surface area contributed by atoms with E-state index in [0.717, 1.165) is 15.6 Å². The molecule has 3 aromatic carbocycles. The lowest BCUT2D eigenvalue weighted by atomic mass is 10.2. The summed E-state index contributed by atoms with van der Waals surface area (Å²) in [5, 5.41) is 1.79. The van der Waals surface area contributed by atoms with Crippen molar-refractivity contribution in [1.82, 2.24) is 0 Å². The van der Waals surface area contributed by atoms with Crippen LogP contribution in [-0.2, 0) is 0 Å². The lowest BCUT2D eigenvalue weighted by molar-refractivity contribution is 0.0733. The predicted molar refractivity (Wildman–Crippen MR) is 128 cm³/mol. The number of fused-ring (bicyclic) bond motifs is 1. The third-order valence-corrected chi connectivity index (χ3v) is 6.37. The summed E-state index contributed by atoms with van der Waals surface area (Å²) in [6, 6.07) is 20.1. The van der Waals surface area contributed by atoms with Gasteiger partial charge in [-0.2, -0.15) is 0 Å². The summed E-state index contributed by atoms with van der Waals surface area (Å²) in [6.07, 6.45) is 1.68. The number of hydrogen-bond donors (Lipinski definition) is 0. The number of ether oxygens (including phenoxy) is 2. The van der Waals surface area contributed by atoms with E-state index in [1.165, 1.54) is 11.3 Å².